The molecule has 1 aliphatic rings. The number of aromatic nitrogens is 1. The second-order valence-corrected chi connectivity index (χ2v) is 8.06. The van der Waals surface area contributed by atoms with Crippen molar-refractivity contribution in [3.8, 4) is 5.75 Å². The van der Waals surface area contributed by atoms with E-state index in [4.69, 9.17) is 0 Å². The molecule has 12 heteroatoms. The summed E-state index contributed by atoms with van der Waals surface area (Å²) in [5, 5.41) is 9.89. The van der Waals surface area contributed by atoms with E-state index < -0.39 is 45.1 Å². The number of sulfonamides is 1. The molecule has 1 saturated heterocycles. The standard InChI is InChI=1S/C17H16F3N3O5S/c1-9-5-6-12(24)13(8-9)29(26,27)22-11-4-3-7-21-15(11)23-10(2)14(17(18,19)20)28-16(23)25/h3-8,10,14,22,24H,1-2H3. The highest BCUT2D eigenvalue weighted by molar-refractivity contribution is 7.92. The molecule has 2 atom stereocenters. The summed E-state index contributed by atoms with van der Waals surface area (Å²) in [5.74, 6) is -0.868. The van der Waals surface area contributed by atoms with Crippen molar-refractivity contribution in [1.29, 1.82) is 0 Å². The van der Waals surface area contributed by atoms with Crippen LogP contribution >= 0.6 is 0 Å². The lowest BCUT2D eigenvalue weighted by Gasteiger charge is -2.23. The SMILES string of the molecule is Cc1ccc(O)c(S(=O)(=O)Nc2cccnc2N2C(=O)OC(C(F)(F)F)C2C)c1. The molecule has 0 saturated carbocycles. The molecule has 2 N–H and O–H groups in total. The van der Waals surface area contributed by atoms with E-state index in [2.05, 4.69) is 14.4 Å². The Morgan fingerprint density at radius 1 is 1.28 bits per heavy atom. The lowest BCUT2D eigenvalue weighted by atomic mass is 10.1. The molecule has 1 aromatic carbocycles. The van der Waals surface area contributed by atoms with Crippen LogP contribution in [0.3, 0.4) is 0 Å². The fourth-order valence-electron chi connectivity index (χ4n) is 2.89. The number of benzene rings is 1. The fraction of sp³-hybridized carbons (Fsp3) is 0.294. The molecular formula is C17H16F3N3O5S. The van der Waals surface area contributed by atoms with E-state index in [1.54, 1.807) is 6.92 Å². The summed E-state index contributed by atoms with van der Waals surface area (Å²) in [6.45, 7) is 2.73. The number of carbonyl (C=O) groups is 1. The molecule has 8 nitrogen and oxygen atoms in total. The van der Waals surface area contributed by atoms with Gasteiger partial charge in [-0.3, -0.25) is 9.62 Å². The summed E-state index contributed by atoms with van der Waals surface area (Å²) < 4.78 is 71.3. The number of nitrogens with one attached hydrogen (secondary N) is 1. The molecule has 0 radical (unpaired) electrons. The molecule has 0 aliphatic carbocycles. The second kappa shape index (κ2) is 7.10. The van der Waals surface area contributed by atoms with Gasteiger partial charge in [-0.05, 0) is 43.7 Å². The van der Waals surface area contributed by atoms with E-state index in [0.29, 0.717) is 10.5 Å². The van der Waals surface area contributed by atoms with Crippen molar-refractivity contribution in [3.63, 3.8) is 0 Å². The van der Waals surface area contributed by atoms with E-state index in [-0.39, 0.29) is 11.5 Å². The Morgan fingerprint density at radius 3 is 2.59 bits per heavy atom. The van der Waals surface area contributed by atoms with Crippen LogP contribution in [0.5, 0.6) is 5.75 Å². The van der Waals surface area contributed by atoms with Gasteiger partial charge in [-0.2, -0.15) is 13.2 Å². The molecule has 1 aliphatic heterocycles. The van der Waals surface area contributed by atoms with Crippen molar-refractivity contribution in [2.75, 3.05) is 9.62 Å². The monoisotopic (exact) mass is 431 g/mol. The lowest BCUT2D eigenvalue weighted by molar-refractivity contribution is -0.198. The number of phenols is 1. The molecule has 2 unspecified atom stereocenters. The van der Waals surface area contributed by atoms with E-state index in [9.17, 15) is 31.5 Å². The van der Waals surface area contributed by atoms with Crippen LogP contribution in [0, 0.1) is 6.92 Å². The molecule has 1 amide bonds. The van der Waals surface area contributed by atoms with E-state index in [1.807, 2.05) is 0 Å². The normalized spacial score (nSPS) is 19.9. The predicted octanol–water partition coefficient (Wildman–Crippen LogP) is 3.17. The lowest BCUT2D eigenvalue weighted by Crippen LogP contribution is -2.41. The number of hydrogen-bond acceptors (Lipinski definition) is 6. The highest BCUT2D eigenvalue weighted by Gasteiger charge is 2.55. The summed E-state index contributed by atoms with van der Waals surface area (Å²) >= 11 is 0. The Bertz CT molecular complexity index is 1060. The largest absolute Gasteiger partial charge is 0.507 e. The zero-order valence-corrected chi connectivity index (χ0v) is 16.0. The first-order valence-electron chi connectivity index (χ1n) is 8.26. The number of rotatable bonds is 4. The number of phenolic OH excluding ortho intramolecular Hbond substituents is 1. The maximum absolute atomic E-state index is 13.1. The number of cyclic esters (lactones) is 1. The fourth-order valence-corrected chi connectivity index (χ4v) is 4.13. The minimum Gasteiger partial charge on any atom is -0.507 e. The van der Waals surface area contributed by atoms with Gasteiger partial charge in [0.25, 0.3) is 10.0 Å². The summed E-state index contributed by atoms with van der Waals surface area (Å²) in [7, 11) is -4.34. The van der Waals surface area contributed by atoms with Crippen LogP contribution in [-0.4, -0.2) is 42.9 Å². The van der Waals surface area contributed by atoms with E-state index >= 15 is 0 Å². The molecule has 1 aromatic heterocycles. The van der Waals surface area contributed by atoms with Crippen LogP contribution in [0.25, 0.3) is 0 Å². The number of nitrogens with zero attached hydrogens (tertiary/aromatic N) is 2. The molecule has 0 bridgehead atoms. The molecule has 29 heavy (non-hydrogen) atoms. The third-order valence-electron chi connectivity index (χ3n) is 4.26. The van der Waals surface area contributed by atoms with Crippen molar-refractivity contribution < 1.29 is 36.2 Å². The van der Waals surface area contributed by atoms with Gasteiger partial charge in [-0.1, -0.05) is 6.07 Å². The minimum atomic E-state index is -4.80. The van der Waals surface area contributed by atoms with Crippen LogP contribution in [0.1, 0.15) is 12.5 Å². The van der Waals surface area contributed by atoms with Crippen LogP contribution in [-0.2, 0) is 14.8 Å². The van der Waals surface area contributed by atoms with Crippen molar-refractivity contribution >= 4 is 27.6 Å². The smallest absolute Gasteiger partial charge is 0.427 e. The average Bonchev–Trinajstić information content (AvgIpc) is 2.92. The van der Waals surface area contributed by atoms with E-state index in [1.165, 1.54) is 36.5 Å². The first-order chi connectivity index (χ1) is 13.4. The molecule has 2 aromatic rings. The van der Waals surface area contributed by atoms with Crippen LogP contribution in [0.2, 0.25) is 0 Å². The number of ether oxygens (including phenoxy) is 1. The van der Waals surface area contributed by atoms with Crippen molar-refractivity contribution in [3.05, 3.63) is 42.1 Å². The number of carbonyl (C=O) groups excluding carboxylic acids is 1. The summed E-state index contributed by atoms with van der Waals surface area (Å²) in [5.41, 5.74) is 0.305. The first-order valence-corrected chi connectivity index (χ1v) is 9.74. The zero-order chi connectivity index (χ0) is 21.6. The first kappa shape index (κ1) is 20.7. The number of alkyl halides is 3. The Kier molecular flexibility index (Phi) is 5.07. The zero-order valence-electron chi connectivity index (χ0n) is 15.1. The average molecular weight is 431 g/mol. The Hall–Kier alpha value is -3.02. The Labute approximate surface area is 164 Å². The molecular weight excluding hydrogens is 415 g/mol. The predicted molar refractivity (Wildman–Crippen MR) is 96.2 cm³/mol. The van der Waals surface area contributed by atoms with Crippen molar-refractivity contribution in [2.24, 2.45) is 0 Å². The van der Waals surface area contributed by atoms with Crippen LogP contribution in [0.15, 0.2) is 41.4 Å². The number of hydrogen-bond donors (Lipinski definition) is 2. The summed E-state index contributed by atoms with van der Waals surface area (Å²) in [6.07, 6.45) is -7.30. The maximum atomic E-state index is 13.1. The number of amides is 1. The van der Waals surface area contributed by atoms with Gasteiger partial charge in [0.15, 0.2) is 5.82 Å². The van der Waals surface area contributed by atoms with Crippen molar-refractivity contribution in [1.82, 2.24) is 4.98 Å². The quantitative estimate of drug-likeness (QED) is 0.770. The molecule has 2 heterocycles. The van der Waals surface area contributed by atoms with Crippen LogP contribution < -0.4 is 9.62 Å². The number of aromatic hydroxyl groups is 1. The van der Waals surface area contributed by atoms with Gasteiger partial charge in [0.2, 0.25) is 6.10 Å². The van der Waals surface area contributed by atoms with Gasteiger partial charge in [0.1, 0.15) is 10.6 Å². The molecule has 1 fully saturated rings. The van der Waals surface area contributed by atoms with Crippen LogP contribution in [0.4, 0.5) is 29.5 Å². The maximum Gasteiger partial charge on any atom is 0.427 e. The third kappa shape index (κ3) is 3.92. The number of halogens is 3. The molecule has 3 rings (SSSR count). The van der Waals surface area contributed by atoms with Gasteiger partial charge in [0.05, 0.1) is 11.7 Å². The third-order valence-corrected chi connectivity index (χ3v) is 5.65. The van der Waals surface area contributed by atoms with Gasteiger partial charge >= 0.3 is 12.3 Å². The highest BCUT2D eigenvalue weighted by Crippen LogP contribution is 2.38. The second-order valence-electron chi connectivity index (χ2n) is 6.41. The summed E-state index contributed by atoms with van der Waals surface area (Å²) in [6, 6.07) is 5.01. The van der Waals surface area contributed by atoms with Gasteiger partial charge in [-0.15, -0.1) is 0 Å². The Morgan fingerprint density at radius 2 is 1.97 bits per heavy atom. The van der Waals surface area contributed by atoms with Gasteiger partial charge in [-0.25, -0.2) is 18.2 Å². The number of anilines is 2. The Balaban J connectivity index is 2.00. The minimum absolute atomic E-state index is 0.250. The molecule has 156 valence electrons. The highest BCUT2D eigenvalue weighted by atomic mass is 32.2. The number of pyridine rings is 1. The van der Waals surface area contributed by atoms with Gasteiger partial charge in [0, 0.05) is 6.20 Å². The van der Waals surface area contributed by atoms with Gasteiger partial charge < -0.3 is 9.84 Å². The number of aryl methyl sites for hydroxylation is 1. The molecule has 0 spiro atoms. The van der Waals surface area contributed by atoms with E-state index in [0.717, 1.165) is 6.92 Å². The summed E-state index contributed by atoms with van der Waals surface area (Å²) in [4.78, 5) is 16.1. The van der Waals surface area contributed by atoms with Crippen molar-refractivity contribution in [2.45, 2.75) is 37.1 Å². The topological polar surface area (TPSA) is 109 Å².